The first-order chi connectivity index (χ1) is 5.26. The second kappa shape index (κ2) is 2.04. The van der Waals surface area contributed by atoms with Crippen molar-refractivity contribution >= 4 is 0 Å². The van der Waals surface area contributed by atoms with Crippen LogP contribution in [0.5, 0.6) is 0 Å². The summed E-state index contributed by atoms with van der Waals surface area (Å²) in [4.78, 5) is 4.15. The first-order valence-electron chi connectivity index (χ1n) is 3.78. The fourth-order valence-electron chi connectivity index (χ4n) is 1.14. The summed E-state index contributed by atoms with van der Waals surface area (Å²) in [5.74, 6) is 0.944. The van der Waals surface area contributed by atoms with E-state index in [-0.39, 0.29) is 5.60 Å². The molecule has 1 aromatic rings. The summed E-state index contributed by atoms with van der Waals surface area (Å²) >= 11 is 0. The van der Waals surface area contributed by atoms with Crippen molar-refractivity contribution in [2.75, 3.05) is 6.61 Å². The monoisotopic (exact) mass is 153 g/mol. The van der Waals surface area contributed by atoms with Gasteiger partial charge in [-0.3, -0.25) is 0 Å². The molecule has 1 aliphatic heterocycles. The maximum absolute atomic E-state index is 5.26. The van der Waals surface area contributed by atoms with E-state index in [0.717, 1.165) is 19.0 Å². The van der Waals surface area contributed by atoms with Crippen LogP contribution in [0.3, 0.4) is 0 Å². The highest BCUT2D eigenvalue weighted by molar-refractivity contribution is 5.06. The number of hydrogen-bond donors (Lipinski definition) is 0. The SMILES string of the molecule is CCn1ncnc1C1(C)CO1. The lowest BCUT2D eigenvalue weighted by Crippen LogP contribution is -2.13. The first kappa shape index (κ1) is 6.79. The lowest BCUT2D eigenvalue weighted by molar-refractivity contribution is 0.306. The molecule has 0 saturated carbocycles. The zero-order valence-corrected chi connectivity index (χ0v) is 6.74. The van der Waals surface area contributed by atoms with Gasteiger partial charge in [0, 0.05) is 6.54 Å². The summed E-state index contributed by atoms with van der Waals surface area (Å²) in [7, 11) is 0. The van der Waals surface area contributed by atoms with Crippen molar-refractivity contribution in [3.8, 4) is 0 Å². The zero-order valence-electron chi connectivity index (χ0n) is 6.74. The van der Waals surface area contributed by atoms with Crippen molar-refractivity contribution < 1.29 is 4.74 Å². The van der Waals surface area contributed by atoms with Gasteiger partial charge in [-0.1, -0.05) is 0 Å². The van der Waals surface area contributed by atoms with Crippen molar-refractivity contribution in [2.45, 2.75) is 26.0 Å². The third kappa shape index (κ3) is 0.939. The first-order valence-corrected chi connectivity index (χ1v) is 3.78. The molecule has 0 N–H and O–H groups in total. The number of nitrogens with zero attached hydrogens (tertiary/aromatic N) is 3. The largest absolute Gasteiger partial charge is 0.361 e. The van der Waals surface area contributed by atoms with Crippen molar-refractivity contribution in [1.82, 2.24) is 14.8 Å². The van der Waals surface area contributed by atoms with Gasteiger partial charge in [0.1, 0.15) is 11.9 Å². The van der Waals surface area contributed by atoms with E-state index < -0.39 is 0 Å². The minimum Gasteiger partial charge on any atom is -0.361 e. The lowest BCUT2D eigenvalue weighted by Gasteiger charge is -2.04. The van der Waals surface area contributed by atoms with E-state index in [9.17, 15) is 0 Å². The second-order valence-corrected chi connectivity index (χ2v) is 2.92. The molecule has 11 heavy (non-hydrogen) atoms. The zero-order chi connectivity index (χ0) is 7.90. The molecule has 0 amide bonds. The van der Waals surface area contributed by atoms with Crippen LogP contribution in [0.2, 0.25) is 0 Å². The van der Waals surface area contributed by atoms with Crippen LogP contribution in [0.25, 0.3) is 0 Å². The Kier molecular flexibility index (Phi) is 1.26. The van der Waals surface area contributed by atoms with E-state index >= 15 is 0 Å². The van der Waals surface area contributed by atoms with Gasteiger partial charge in [-0.05, 0) is 13.8 Å². The number of rotatable bonds is 2. The number of aromatic nitrogens is 3. The molecular formula is C7H11N3O. The highest BCUT2D eigenvalue weighted by atomic mass is 16.6. The second-order valence-electron chi connectivity index (χ2n) is 2.92. The Morgan fingerprint density at radius 1 is 1.82 bits per heavy atom. The van der Waals surface area contributed by atoms with Crippen LogP contribution in [0.4, 0.5) is 0 Å². The quantitative estimate of drug-likeness (QED) is 0.582. The summed E-state index contributed by atoms with van der Waals surface area (Å²) < 4.78 is 7.13. The summed E-state index contributed by atoms with van der Waals surface area (Å²) in [6, 6.07) is 0. The molecule has 2 rings (SSSR count). The maximum atomic E-state index is 5.26. The van der Waals surface area contributed by atoms with Crippen LogP contribution in [0.15, 0.2) is 6.33 Å². The Balaban J connectivity index is 2.36. The molecule has 0 bridgehead atoms. The molecule has 0 aromatic carbocycles. The number of ether oxygens (including phenoxy) is 1. The van der Waals surface area contributed by atoms with Crippen molar-refractivity contribution in [3.05, 3.63) is 12.2 Å². The van der Waals surface area contributed by atoms with Crippen LogP contribution in [0, 0.1) is 0 Å². The molecule has 0 aliphatic carbocycles. The topological polar surface area (TPSA) is 43.2 Å². The molecular weight excluding hydrogens is 142 g/mol. The van der Waals surface area contributed by atoms with E-state index in [4.69, 9.17) is 4.74 Å². The molecule has 1 unspecified atom stereocenters. The summed E-state index contributed by atoms with van der Waals surface area (Å²) in [5.41, 5.74) is -0.146. The van der Waals surface area contributed by atoms with Crippen LogP contribution >= 0.6 is 0 Å². The standard InChI is InChI=1S/C7H11N3O/c1-3-10-6(8-5-9-10)7(2)4-11-7/h5H,3-4H2,1-2H3. The highest BCUT2D eigenvalue weighted by Gasteiger charge is 2.45. The average molecular weight is 153 g/mol. The van der Waals surface area contributed by atoms with Gasteiger partial charge >= 0.3 is 0 Å². The Morgan fingerprint density at radius 2 is 2.55 bits per heavy atom. The van der Waals surface area contributed by atoms with Crippen molar-refractivity contribution in [1.29, 1.82) is 0 Å². The smallest absolute Gasteiger partial charge is 0.161 e. The van der Waals surface area contributed by atoms with Crippen molar-refractivity contribution in [2.24, 2.45) is 0 Å². The van der Waals surface area contributed by atoms with E-state index in [1.807, 2.05) is 18.5 Å². The Bertz CT molecular complexity index is 264. The van der Waals surface area contributed by atoms with E-state index in [2.05, 4.69) is 10.1 Å². The number of aryl methyl sites for hydroxylation is 1. The minimum absolute atomic E-state index is 0.146. The van der Waals surface area contributed by atoms with Gasteiger partial charge in [-0.15, -0.1) is 0 Å². The van der Waals surface area contributed by atoms with E-state index in [1.54, 1.807) is 6.33 Å². The summed E-state index contributed by atoms with van der Waals surface area (Å²) in [6.45, 7) is 5.70. The third-order valence-electron chi connectivity index (χ3n) is 1.97. The summed E-state index contributed by atoms with van der Waals surface area (Å²) in [5, 5.41) is 4.07. The normalized spacial score (nSPS) is 28.9. The highest BCUT2D eigenvalue weighted by Crippen LogP contribution is 2.36. The Morgan fingerprint density at radius 3 is 3.09 bits per heavy atom. The molecule has 4 nitrogen and oxygen atoms in total. The molecule has 4 heteroatoms. The molecule has 1 fully saturated rings. The molecule has 2 heterocycles. The molecule has 1 aromatic heterocycles. The third-order valence-corrected chi connectivity index (χ3v) is 1.97. The maximum Gasteiger partial charge on any atom is 0.161 e. The van der Waals surface area contributed by atoms with Gasteiger partial charge < -0.3 is 4.74 Å². The minimum atomic E-state index is -0.146. The van der Waals surface area contributed by atoms with Crippen molar-refractivity contribution in [3.63, 3.8) is 0 Å². The lowest BCUT2D eigenvalue weighted by atomic mass is 10.2. The molecule has 60 valence electrons. The van der Waals surface area contributed by atoms with Crippen LogP contribution in [0.1, 0.15) is 19.7 Å². The molecule has 0 spiro atoms. The van der Waals surface area contributed by atoms with E-state index in [0.29, 0.717) is 0 Å². The molecule has 1 aliphatic rings. The fraction of sp³-hybridized carbons (Fsp3) is 0.714. The summed E-state index contributed by atoms with van der Waals surface area (Å²) in [6.07, 6.45) is 1.58. The predicted octanol–water partition coefficient (Wildman–Crippen LogP) is 0.543. The Labute approximate surface area is 65.2 Å². The van der Waals surface area contributed by atoms with Gasteiger partial charge in [-0.25, -0.2) is 9.67 Å². The fourth-order valence-corrected chi connectivity index (χ4v) is 1.14. The van der Waals surface area contributed by atoms with Crippen LogP contribution < -0.4 is 0 Å². The van der Waals surface area contributed by atoms with Gasteiger partial charge in [-0.2, -0.15) is 5.10 Å². The average Bonchev–Trinajstić information content (AvgIpc) is 2.61. The van der Waals surface area contributed by atoms with E-state index in [1.165, 1.54) is 0 Å². The molecule has 1 saturated heterocycles. The van der Waals surface area contributed by atoms with Gasteiger partial charge in [0.2, 0.25) is 0 Å². The van der Waals surface area contributed by atoms with Gasteiger partial charge in [0.15, 0.2) is 5.82 Å². The van der Waals surface area contributed by atoms with Crippen LogP contribution in [-0.4, -0.2) is 21.4 Å². The molecule has 0 radical (unpaired) electrons. The number of hydrogen-bond acceptors (Lipinski definition) is 3. The van der Waals surface area contributed by atoms with Gasteiger partial charge in [0.25, 0.3) is 0 Å². The Hall–Kier alpha value is -0.900. The predicted molar refractivity (Wildman–Crippen MR) is 39.0 cm³/mol. The van der Waals surface area contributed by atoms with Crippen LogP contribution in [-0.2, 0) is 16.9 Å². The van der Waals surface area contributed by atoms with Gasteiger partial charge in [0.05, 0.1) is 6.61 Å². The molecule has 1 atom stereocenters. The number of epoxide rings is 1.